The van der Waals surface area contributed by atoms with E-state index < -0.39 is 0 Å². The Labute approximate surface area is 162 Å². The van der Waals surface area contributed by atoms with Crippen molar-refractivity contribution in [1.29, 1.82) is 0 Å². The van der Waals surface area contributed by atoms with Crippen LogP contribution >= 0.6 is 0 Å². The highest BCUT2D eigenvalue weighted by Gasteiger charge is 2.25. The molecule has 27 heavy (non-hydrogen) atoms. The first-order chi connectivity index (χ1) is 13.2. The number of amides is 2. The van der Waals surface area contributed by atoms with Gasteiger partial charge in [-0.05, 0) is 43.4 Å². The van der Waals surface area contributed by atoms with Gasteiger partial charge in [-0.25, -0.2) is 0 Å². The first-order valence-electron chi connectivity index (χ1n) is 10.4. The van der Waals surface area contributed by atoms with Gasteiger partial charge in [-0.15, -0.1) is 0 Å². The summed E-state index contributed by atoms with van der Waals surface area (Å²) in [6.45, 7) is 1.49. The molecule has 2 fully saturated rings. The Morgan fingerprint density at radius 1 is 1.11 bits per heavy atom. The van der Waals surface area contributed by atoms with Crippen LogP contribution in [0.5, 0.6) is 5.75 Å². The lowest BCUT2D eigenvalue weighted by atomic mass is 9.86. The minimum Gasteiger partial charge on any atom is -0.497 e. The normalized spacial score (nSPS) is 18.9. The molecule has 1 saturated heterocycles. The zero-order valence-electron chi connectivity index (χ0n) is 16.4. The second kappa shape index (κ2) is 9.77. The summed E-state index contributed by atoms with van der Waals surface area (Å²) in [7, 11) is 1.60. The average molecular weight is 373 g/mol. The molecule has 0 unspecified atom stereocenters. The van der Waals surface area contributed by atoms with Gasteiger partial charge in [0.15, 0.2) is 0 Å². The molecule has 1 aliphatic heterocycles. The number of benzene rings is 1. The van der Waals surface area contributed by atoms with Gasteiger partial charge in [0.05, 0.1) is 7.11 Å². The third-order valence-corrected chi connectivity index (χ3v) is 6.01. The molecule has 1 heterocycles. The molecule has 0 spiro atoms. The molecule has 0 bridgehead atoms. The van der Waals surface area contributed by atoms with E-state index in [0.29, 0.717) is 17.7 Å². The number of piperidine rings is 1. The van der Waals surface area contributed by atoms with Crippen LogP contribution in [-0.4, -0.2) is 43.0 Å². The van der Waals surface area contributed by atoms with Crippen molar-refractivity contribution in [3.05, 3.63) is 29.8 Å². The van der Waals surface area contributed by atoms with Crippen LogP contribution in [0.3, 0.4) is 0 Å². The molecule has 2 amide bonds. The quantitative estimate of drug-likeness (QED) is 0.827. The van der Waals surface area contributed by atoms with Gasteiger partial charge in [-0.3, -0.25) is 9.59 Å². The maximum atomic E-state index is 12.5. The Balaban J connectivity index is 1.40. The molecule has 0 aromatic heterocycles. The number of carbonyl (C=O) groups excluding carboxylic acids is 2. The summed E-state index contributed by atoms with van der Waals surface area (Å²) < 4.78 is 5.18. The van der Waals surface area contributed by atoms with Crippen LogP contribution in [0.15, 0.2) is 24.3 Å². The Morgan fingerprint density at radius 3 is 2.56 bits per heavy atom. The Morgan fingerprint density at radius 2 is 1.85 bits per heavy atom. The number of likely N-dealkylation sites (tertiary alicyclic amines) is 1. The van der Waals surface area contributed by atoms with Crippen LogP contribution in [0.4, 0.5) is 0 Å². The SMILES string of the molecule is COc1cccc(C(=O)NC2CCN(C(=O)CCC3CCCCC3)CC2)c1. The summed E-state index contributed by atoms with van der Waals surface area (Å²) >= 11 is 0. The Hall–Kier alpha value is -2.04. The Kier molecular flexibility index (Phi) is 7.13. The smallest absolute Gasteiger partial charge is 0.251 e. The fourth-order valence-electron chi connectivity index (χ4n) is 4.27. The number of hydrogen-bond donors (Lipinski definition) is 1. The number of nitrogens with one attached hydrogen (secondary N) is 1. The van der Waals surface area contributed by atoms with Crippen LogP contribution in [0.1, 0.15) is 68.1 Å². The van der Waals surface area contributed by atoms with E-state index in [2.05, 4.69) is 5.32 Å². The van der Waals surface area contributed by atoms with E-state index in [0.717, 1.165) is 38.3 Å². The third-order valence-electron chi connectivity index (χ3n) is 6.01. The van der Waals surface area contributed by atoms with Crippen LogP contribution in [0.25, 0.3) is 0 Å². The van der Waals surface area contributed by atoms with Crippen LogP contribution < -0.4 is 10.1 Å². The minimum absolute atomic E-state index is 0.0732. The maximum absolute atomic E-state index is 12.5. The van der Waals surface area contributed by atoms with E-state index in [1.54, 1.807) is 19.2 Å². The van der Waals surface area contributed by atoms with E-state index in [9.17, 15) is 9.59 Å². The van der Waals surface area contributed by atoms with Gasteiger partial charge in [-0.2, -0.15) is 0 Å². The third kappa shape index (κ3) is 5.72. The van der Waals surface area contributed by atoms with Crippen molar-refractivity contribution in [2.45, 2.75) is 63.8 Å². The molecule has 1 saturated carbocycles. The van der Waals surface area contributed by atoms with Crippen molar-refractivity contribution in [3.8, 4) is 5.75 Å². The van der Waals surface area contributed by atoms with Gasteiger partial charge in [0, 0.05) is 31.1 Å². The number of methoxy groups -OCH3 is 1. The predicted octanol–water partition coefficient (Wildman–Crippen LogP) is 3.78. The van der Waals surface area contributed by atoms with Crippen LogP contribution in [-0.2, 0) is 4.79 Å². The van der Waals surface area contributed by atoms with Gasteiger partial charge in [0.2, 0.25) is 5.91 Å². The van der Waals surface area contributed by atoms with E-state index in [1.807, 2.05) is 17.0 Å². The molecular formula is C22H32N2O3. The summed E-state index contributed by atoms with van der Waals surface area (Å²) in [6, 6.07) is 7.32. The van der Waals surface area contributed by atoms with E-state index in [1.165, 1.54) is 32.1 Å². The molecule has 5 heteroatoms. The highest BCUT2D eigenvalue weighted by atomic mass is 16.5. The molecule has 5 nitrogen and oxygen atoms in total. The highest BCUT2D eigenvalue weighted by molar-refractivity contribution is 5.94. The van der Waals surface area contributed by atoms with Crippen molar-refractivity contribution in [1.82, 2.24) is 10.2 Å². The summed E-state index contributed by atoms with van der Waals surface area (Å²) in [4.78, 5) is 26.9. The van der Waals surface area contributed by atoms with E-state index in [-0.39, 0.29) is 17.9 Å². The van der Waals surface area contributed by atoms with Crippen molar-refractivity contribution >= 4 is 11.8 Å². The van der Waals surface area contributed by atoms with Gasteiger partial charge in [0.1, 0.15) is 5.75 Å². The monoisotopic (exact) mass is 372 g/mol. The topological polar surface area (TPSA) is 58.6 Å². The molecule has 3 rings (SSSR count). The second-order valence-corrected chi connectivity index (χ2v) is 7.90. The van der Waals surface area contributed by atoms with Crippen LogP contribution in [0.2, 0.25) is 0 Å². The molecule has 1 aromatic carbocycles. The largest absolute Gasteiger partial charge is 0.497 e. The number of carbonyl (C=O) groups is 2. The molecule has 1 aromatic rings. The fraction of sp³-hybridized carbons (Fsp3) is 0.636. The van der Waals surface area contributed by atoms with E-state index in [4.69, 9.17) is 4.74 Å². The van der Waals surface area contributed by atoms with Crippen molar-refractivity contribution < 1.29 is 14.3 Å². The lowest BCUT2D eigenvalue weighted by Gasteiger charge is -2.33. The van der Waals surface area contributed by atoms with Gasteiger partial charge in [-0.1, -0.05) is 38.2 Å². The Bertz CT molecular complexity index is 632. The van der Waals surface area contributed by atoms with Gasteiger partial charge < -0.3 is 15.0 Å². The van der Waals surface area contributed by atoms with Crippen molar-refractivity contribution in [3.63, 3.8) is 0 Å². The molecule has 0 atom stereocenters. The van der Waals surface area contributed by atoms with Gasteiger partial charge in [0.25, 0.3) is 5.91 Å². The molecule has 1 aliphatic carbocycles. The maximum Gasteiger partial charge on any atom is 0.251 e. The molecule has 1 N–H and O–H groups in total. The molecule has 2 aliphatic rings. The first kappa shape index (κ1) is 19.7. The lowest BCUT2D eigenvalue weighted by Crippen LogP contribution is -2.46. The minimum atomic E-state index is -0.0732. The zero-order chi connectivity index (χ0) is 19.1. The molecular weight excluding hydrogens is 340 g/mol. The highest BCUT2D eigenvalue weighted by Crippen LogP contribution is 2.27. The molecule has 148 valence electrons. The van der Waals surface area contributed by atoms with Crippen molar-refractivity contribution in [2.75, 3.05) is 20.2 Å². The predicted molar refractivity (Wildman–Crippen MR) is 106 cm³/mol. The first-order valence-corrected chi connectivity index (χ1v) is 10.4. The molecule has 0 radical (unpaired) electrons. The average Bonchev–Trinajstić information content (AvgIpc) is 2.73. The fourth-order valence-corrected chi connectivity index (χ4v) is 4.27. The summed E-state index contributed by atoms with van der Waals surface area (Å²) in [6.07, 6.45) is 10.00. The number of nitrogens with zero attached hydrogens (tertiary/aromatic N) is 1. The zero-order valence-corrected chi connectivity index (χ0v) is 16.4. The summed E-state index contributed by atoms with van der Waals surface area (Å²) in [5.41, 5.74) is 0.611. The van der Waals surface area contributed by atoms with E-state index >= 15 is 0 Å². The van der Waals surface area contributed by atoms with Crippen molar-refractivity contribution in [2.24, 2.45) is 5.92 Å². The van der Waals surface area contributed by atoms with Crippen LogP contribution in [0, 0.1) is 5.92 Å². The number of rotatable bonds is 6. The number of hydrogen-bond acceptors (Lipinski definition) is 3. The summed E-state index contributed by atoms with van der Waals surface area (Å²) in [5, 5.41) is 3.10. The second-order valence-electron chi connectivity index (χ2n) is 7.90. The summed E-state index contributed by atoms with van der Waals surface area (Å²) in [5.74, 6) is 1.65. The number of ether oxygens (including phenoxy) is 1. The standard InChI is InChI=1S/C22H32N2O3/c1-27-20-9-5-8-18(16-20)22(26)23-19-12-14-24(15-13-19)21(25)11-10-17-6-3-2-4-7-17/h5,8-9,16-17,19H,2-4,6-7,10-15H2,1H3,(H,23,26). The van der Waals surface area contributed by atoms with Gasteiger partial charge >= 0.3 is 0 Å². The lowest BCUT2D eigenvalue weighted by molar-refractivity contribution is -0.132.